The van der Waals surface area contributed by atoms with E-state index in [9.17, 15) is 71.9 Å². The molecule has 6 heterocycles. The number of hydrogen-bond donors (Lipinski definition) is 2. The fourth-order valence-corrected chi connectivity index (χ4v) is 19.2. The molecule has 0 bridgehead atoms. The van der Waals surface area contributed by atoms with Crippen LogP contribution in [0.15, 0.2) is 72.8 Å². The molecule has 26 nitrogen and oxygen atoms in total. The van der Waals surface area contributed by atoms with E-state index in [4.69, 9.17) is 35.4 Å². The number of ether oxygens (including phenoxy) is 6. The van der Waals surface area contributed by atoms with E-state index < -0.39 is 224 Å². The first kappa shape index (κ1) is 72.7. The Hall–Kier alpha value is -8.56. The van der Waals surface area contributed by atoms with E-state index in [1.165, 1.54) is 28.1 Å². The van der Waals surface area contributed by atoms with Crippen molar-refractivity contribution in [2.24, 2.45) is 58.2 Å². The molecule has 636 valence electrons. The first-order valence-corrected chi connectivity index (χ1v) is 41.9. The van der Waals surface area contributed by atoms with Crippen LogP contribution in [0.5, 0.6) is 23.5 Å². The van der Waals surface area contributed by atoms with Gasteiger partial charge in [0.25, 0.3) is 0 Å². The third kappa shape index (κ3) is 18.8. The van der Waals surface area contributed by atoms with Crippen LogP contribution in [0.2, 0.25) is 0 Å². The average molecular weight is 1680 g/mol. The SMILES string of the molecule is [2H]C([2H])([2H])C(OC(=O)C[C@@H]1C(=O)N2C[C@H](Oc3nnc(OC)c4ccccc34)C[C@H]2C(=O)C[C@]2(C(=O)NS(=O)(=O)C3(C)CC3)C[C@H]2/C=C\CC[C@@H](C)C[C@H]1CC)(C([2H])([2H])[2H])C(F)(F)F.[2H]C([2H])([2H])C(OC(=O)C[C@@H]1C(=O)N2C[C@H](Oc3nnc(OC)c4ccccc34)C[C@H]2C(=O)C[C@]2(C(=O)NS(=O)(=O)C3(C)CC3)C[C@H]2/C=C\CC[C@H](C)C[C@H]1CC)(C([2H])([2H])[2H])C(F)(F)F. The van der Waals surface area contributed by atoms with Gasteiger partial charge in [-0.1, -0.05) is 89.1 Å². The molecule has 4 aliphatic carbocycles. The Morgan fingerprint density at radius 3 is 1.19 bits per heavy atom. The third-order valence-electron chi connectivity index (χ3n) is 24.6. The number of halogens is 6. The highest BCUT2D eigenvalue weighted by atomic mass is 32.2. The van der Waals surface area contributed by atoms with Crippen LogP contribution in [0.3, 0.4) is 0 Å². The number of carbonyl (C=O) groups excluding carboxylic acids is 8. The van der Waals surface area contributed by atoms with Gasteiger partial charge >= 0.3 is 24.3 Å². The second kappa shape index (κ2) is 33.7. The van der Waals surface area contributed by atoms with E-state index in [0.29, 0.717) is 72.9 Å². The van der Waals surface area contributed by atoms with Gasteiger partial charge in [-0.05, 0) is 178 Å². The lowest BCUT2D eigenvalue weighted by Gasteiger charge is -2.34. The Morgan fingerprint density at radius 2 is 0.879 bits per heavy atom. The fraction of sp³-hybridized carbons (Fsp3) is 0.659. The molecular formula is C82H106F6N8O18S2. The number of methoxy groups -OCH3 is 2. The smallest absolute Gasteiger partial charge is 0.427 e. The zero-order valence-electron chi connectivity index (χ0n) is 77.5. The predicted octanol–water partition coefficient (Wildman–Crippen LogP) is 12.5. The van der Waals surface area contributed by atoms with Gasteiger partial charge in [-0.25, -0.2) is 16.8 Å². The van der Waals surface area contributed by atoms with E-state index in [2.05, 4.69) is 39.3 Å². The summed E-state index contributed by atoms with van der Waals surface area (Å²) in [6, 6.07) is 10.9. The Kier molecular flexibility index (Phi) is 21.1. The van der Waals surface area contributed by atoms with Gasteiger partial charge in [0.2, 0.25) is 78.4 Å². The standard InChI is InChI=1S/2C41H53F3N4O9S/c2*1-7-25-18-24(2)12-8-9-13-26-21-40(26,37(52)47-58(53,54)39(5)16-17-39)22-32(49)31-19-27(56-35-29-15-11-10-14-28(29)34(55-6)45-46-35)23-48(31)36(51)30(25)20-33(50)57-38(3,4)41(42,43)44/h2*9-11,13-15,24-27,30-31H,7-8,12,16-23H2,1-6H3,(H,47,52)/b2*13-9-/t24-,25+,26+,27+,30-,31-,40+;24-,25-,26-,27-,30+,31+,40-/m01/s1/i2*3D3,4D3. The summed E-state index contributed by atoms with van der Waals surface area (Å²) in [6.45, 7) is -8.28. The Morgan fingerprint density at radius 1 is 0.543 bits per heavy atom. The molecule has 0 spiro atoms. The molecule has 4 aliphatic heterocycles. The minimum atomic E-state index is -6.11. The Balaban J connectivity index is 0.000000248. The lowest BCUT2D eigenvalue weighted by Crippen LogP contribution is -2.49. The van der Waals surface area contributed by atoms with Crippen LogP contribution in [0.4, 0.5) is 26.3 Å². The van der Waals surface area contributed by atoms with Crippen LogP contribution in [0.25, 0.3) is 21.5 Å². The van der Waals surface area contributed by atoms with Crippen LogP contribution in [-0.2, 0) is 67.9 Å². The van der Waals surface area contributed by atoms with Crippen molar-refractivity contribution in [2.75, 3.05) is 27.3 Å². The molecule has 34 heteroatoms. The maximum absolute atomic E-state index is 15.1. The van der Waals surface area contributed by atoms with Crippen molar-refractivity contribution >= 4 is 88.7 Å². The van der Waals surface area contributed by atoms with Crippen LogP contribution >= 0.6 is 0 Å². The number of alkyl halides is 6. The normalized spacial score (nSPS) is 31.6. The summed E-state index contributed by atoms with van der Waals surface area (Å²) in [6.07, 6.45) is -6.51. The molecule has 2 aromatic heterocycles. The van der Waals surface area contributed by atoms with E-state index in [0.717, 1.165) is 9.80 Å². The van der Waals surface area contributed by atoms with Gasteiger partial charge in [-0.15, -0.1) is 20.4 Å². The van der Waals surface area contributed by atoms with E-state index in [1.807, 2.05) is 26.0 Å². The molecule has 4 aromatic rings. The van der Waals surface area contributed by atoms with Gasteiger partial charge in [-0.3, -0.25) is 47.8 Å². The van der Waals surface area contributed by atoms with Crippen molar-refractivity contribution in [2.45, 2.75) is 255 Å². The number of Topliss-reactive ketones (excluding diaryl/α,β-unsaturated/α-hetero) is 2. The number of hydrogen-bond acceptors (Lipinski definition) is 22. The highest BCUT2D eigenvalue weighted by Gasteiger charge is 2.65. The first-order chi connectivity index (χ1) is 59.3. The fourth-order valence-electron chi connectivity index (χ4n) is 16.5. The minimum Gasteiger partial charge on any atom is -0.479 e. The van der Waals surface area contributed by atoms with Gasteiger partial charge in [0.05, 0.1) is 106 Å². The van der Waals surface area contributed by atoms with Crippen molar-refractivity contribution in [1.82, 2.24) is 39.6 Å². The highest BCUT2D eigenvalue weighted by Crippen LogP contribution is 2.60. The Labute approximate surface area is 688 Å². The molecule has 0 radical (unpaired) electrons. The molecule has 4 saturated carbocycles. The summed E-state index contributed by atoms with van der Waals surface area (Å²) >= 11 is 0. The molecule has 8 aliphatic rings. The summed E-state index contributed by atoms with van der Waals surface area (Å²) in [5.41, 5.74) is -12.9. The number of sulfonamides is 2. The molecule has 2 saturated heterocycles. The maximum atomic E-state index is 15.1. The van der Waals surface area contributed by atoms with Gasteiger partial charge in [0.1, 0.15) is 12.2 Å². The summed E-state index contributed by atoms with van der Waals surface area (Å²) in [7, 11) is -5.45. The number of esters is 2. The number of rotatable bonds is 20. The second-order valence-corrected chi connectivity index (χ2v) is 37.4. The molecule has 116 heavy (non-hydrogen) atoms. The van der Waals surface area contributed by atoms with E-state index in [1.54, 1.807) is 74.5 Å². The van der Waals surface area contributed by atoms with Crippen molar-refractivity contribution in [3.8, 4) is 23.5 Å². The average Bonchev–Trinajstić information content (AvgIpc) is 1.06. The molecular weight excluding hydrogens is 1560 g/mol. The summed E-state index contributed by atoms with van der Waals surface area (Å²) < 4.78 is 267. The number of nitrogens with zero attached hydrogens (tertiary/aromatic N) is 6. The topological polar surface area (TPSA) is 342 Å². The molecule has 4 amide bonds. The molecule has 0 unspecified atom stereocenters. The minimum absolute atomic E-state index is 0.00395. The largest absolute Gasteiger partial charge is 0.479 e. The van der Waals surface area contributed by atoms with Gasteiger partial charge in [0.15, 0.2) is 11.6 Å². The van der Waals surface area contributed by atoms with Crippen LogP contribution in [-0.4, -0.2) is 179 Å². The van der Waals surface area contributed by atoms with Crippen molar-refractivity contribution < 1.29 is 126 Å². The zero-order chi connectivity index (χ0) is 94.8. The molecule has 2 aromatic carbocycles. The number of ketones is 2. The van der Waals surface area contributed by atoms with E-state index >= 15 is 9.59 Å². The van der Waals surface area contributed by atoms with E-state index in [-0.39, 0.29) is 99.8 Å². The molecule has 12 rings (SSSR count). The molecule has 6 fully saturated rings. The van der Waals surface area contributed by atoms with Crippen molar-refractivity contribution in [1.29, 1.82) is 0 Å². The summed E-state index contributed by atoms with van der Waals surface area (Å²) in [5, 5.41) is 18.5. The number of aromatic nitrogens is 4. The quantitative estimate of drug-likeness (QED) is 0.0471. The summed E-state index contributed by atoms with van der Waals surface area (Å²) in [5.74, 6) is -14.4. The number of amides is 4. The predicted molar refractivity (Wildman–Crippen MR) is 412 cm³/mol. The van der Waals surface area contributed by atoms with Gasteiger partial charge < -0.3 is 38.2 Å². The molecule has 14 atom stereocenters. The Bertz CT molecular complexity index is 4830. The number of allylic oxidation sites excluding steroid dienone is 4. The number of fused-ring (bicyclic) bond motifs is 6. The zero-order valence-corrected chi connectivity index (χ0v) is 67.2. The van der Waals surface area contributed by atoms with Gasteiger partial charge in [0, 0.05) is 42.1 Å². The van der Waals surface area contributed by atoms with Crippen molar-refractivity contribution in [3.63, 3.8) is 0 Å². The van der Waals surface area contributed by atoms with Crippen LogP contribution < -0.4 is 28.4 Å². The highest BCUT2D eigenvalue weighted by molar-refractivity contribution is 7.92. The monoisotopic (exact) mass is 1680 g/mol. The number of benzene rings is 2. The third-order valence-corrected chi connectivity index (χ3v) is 28.9. The summed E-state index contributed by atoms with van der Waals surface area (Å²) in [4.78, 5) is 118. The van der Waals surface area contributed by atoms with Crippen LogP contribution in [0.1, 0.15) is 214 Å². The number of nitrogens with one attached hydrogen (secondary N) is 2. The van der Waals surface area contributed by atoms with Crippen molar-refractivity contribution in [3.05, 3.63) is 72.8 Å². The first-order valence-electron chi connectivity index (χ1n) is 44.9. The molecule has 2 N–H and O–H groups in total. The maximum Gasteiger partial charge on any atom is 0.427 e. The number of carbonyl (C=O) groups is 8. The van der Waals surface area contributed by atoms with Gasteiger partial charge in [-0.2, -0.15) is 26.3 Å². The lowest BCUT2D eigenvalue weighted by molar-refractivity contribution is -0.257. The lowest BCUT2D eigenvalue weighted by atomic mass is 9.79. The second-order valence-electron chi connectivity index (χ2n) is 33.0. The van der Waals surface area contributed by atoms with Crippen LogP contribution in [0, 0.1) is 58.2 Å².